The quantitative estimate of drug-likeness (QED) is 0.780. The first kappa shape index (κ1) is 19.0. The molecular formula is C17H27N5O3S. The van der Waals surface area contributed by atoms with E-state index < -0.39 is 9.84 Å². The van der Waals surface area contributed by atoms with Crippen LogP contribution in [0, 0.1) is 0 Å². The fraction of sp³-hybridized carbons (Fsp3) is 0.706. The largest absolute Gasteiger partial charge is 0.353 e. The number of hydrogen-bond donors (Lipinski definition) is 2. The topological polar surface area (TPSA) is 104 Å². The minimum atomic E-state index is -3.37. The summed E-state index contributed by atoms with van der Waals surface area (Å²) in [6.45, 7) is 4.71. The number of sulfone groups is 1. The maximum atomic E-state index is 12.2. The molecule has 144 valence electrons. The molecule has 0 saturated carbocycles. The van der Waals surface area contributed by atoms with Crippen molar-refractivity contribution in [1.82, 2.24) is 20.6 Å². The van der Waals surface area contributed by atoms with Gasteiger partial charge in [-0.25, -0.2) is 18.4 Å². The number of rotatable bonds is 4. The van der Waals surface area contributed by atoms with Gasteiger partial charge in [-0.15, -0.1) is 0 Å². The van der Waals surface area contributed by atoms with Crippen LogP contribution in [0.1, 0.15) is 44.2 Å². The Morgan fingerprint density at radius 1 is 1.31 bits per heavy atom. The molecule has 0 aliphatic carbocycles. The van der Waals surface area contributed by atoms with Crippen LogP contribution in [0.2, 0.25) is 0 Å². The molecule has 2 aliphatic rings. The highest BCUT2D eigenvalue weighted by atomic mass is 32.2. The Kier molecular flexibility index (Phi) is 5.76. The van der Waals surface area contributed by atoms with Gasteiger partial charge < -0.3 is 15.5 Å². The van der Waals surface area contributed by atoms with Crippen molar-refractivity contribution in [2.75, 3.05) is 37.3 Å². The summed E-state index contributed by atoms with van der Waals surface area (Å²) in [7, 11) is -3.37. The van der Waals surface area contributed by atoms with E-state index in [0.717, 1.165) is 51.9 Å². The number of hydrogen-bond acceptors (Lipinski definition) is 7. The first-order valence-electron chi connectivity index (χ1n) is 9.14. The molecular weight excluding hydrogens is 354 g/mol. The predicted molar refractivity (Wildman–Crippen MR) is 99.0 cm³/mol. The molecule has 0 spiro atoms. The smallest absolute Gasteiger partial charge is 0.225 e. The van der Waals surface area contributed by atoms with E-state index in [4.69, 9.17) is 0 Å². The number of carbonyl (C=O) groups is 1. The third-order valence-electron chi connectivity index (χ3n) is 5.04. The molecule has 0 bridgehead atoms. The van der Waals surface area contributed by atoms with Crippen LogP contribution in [-0.4, -0.2) is 62.8 Å². The number of anilines is 1. The van der Waals surface area contributed by atoms with Crippen LogP contribution in [0.4, 0.5) is 5.95 Å². The standard InChI is InChI=1S/C17H27N5O3S/c1-12(23)20-14-5-8-22(9-6-14)17-19-11-15(26(2,24)25)16(21-17)13-4-3-7-18-10-13/h11,13-14,18H,3-10H2,1-2H3,(H,20,23)/t13-/m1/s1. The second-order valence-corrected chi connectivity index (χ2v) is 9.18. The van der Waals surface area contributed by atoms with Crippen molar-refractivity contribution in [3.63, 3.8) is 0 Å². The second kappa shape index (κ2) is 7.87. The molecule has 1 aromatic rings. The Hall–Kier alpha value is -1.74. The zero-order chi connectivity index (χ0) is 18.7. The molecule has 0 radical (unpaired) electrons. The summed E-state index contributed by atoms with van der Waals surface area (Å²) in [6, 6.07) is 0.182. The molecule has 2 fully saturated rings. The number of piperidine rings is 2. The molecule has 2 saturated heterocycles. The lowest BCUT2D eigenvalue weighted by Crippen LogP contribution is -2.44. The SMILES string of the molecule is CC(=O)NC1CCN(c2ncc(S(C)(=O)=O)c([C@@H]3CCCNC3)n2)CC1. The van der Waals surface area contributed by atoms with Crippen LogP contribution < -0.4 is 15.5 Å². The van der Waals surface area contributed by atoms with E-state index in [2.05, 4.69) is 25.5 Å². The number of nitrogens with zero attached hydrogens (tertiary/aromatic N) is 3. The Bertz CT molecular complexity index is 754. The summed E-state index contributed by atoms with van der Waals surface area (Å²) in [4.78, 5) is 22.5. The lowest BCUT2D eigenvalue weighted by molar-refractivity contribution is -0.119. The minimum absolute atomic E-state index is 0.00992. The van der Waals surface area contributed by atoms with Gasteiger partial charge in [-0.2, -0.15) is 0 Å². The van der Waals surface area contributed by atoms with Crippen molar-refractivity contribution in [2.45, 2.75) is 49.5 Å². The van der Waals surface area contributed by atoms with Gasteiger partial charge in [0.05, 0.1) is 11.9 Å². The highest BCUT2D eigenvalue weighted by molar-refractivity contribution is 7.90. The number of amides is 1. The number of carbonyl (C=O) groups excluding carboxylic acids is 1. The molecule has 2 aliphatic heterocycles. The van der Waals surface area contributed by atoms with E-state index in [9.17, 15) is 13.2 Å². The molecule has 1 atom stereocenters. The molecule has 0 aromatic carbocycles. The fourth-order valence-corrected chi connectivity index (χ4v) is 4.54. The van der Waals surface area contributed by atoms with Gasteiger partial charge in [0.25, 0.3) is 0 Å². The predicted octanol–water partition coefficient (Wildman–Crippen LogP) is 0.452. The lowest BCUT2D eigenvalue weighted by Gasteiger charge is -2.33. The van der Waals surface area contributed by atoms with Crippen molar-refractivity contribution in [3.8, 4) is 0 Å². The third-order valence-corrected chi connectivity index (χ3v) is 6.15. The van der Waals surface area contributed by atoms with Crippen molar-refractivity contribution >= 4 is 21.7 Å². The van der Waals surface area contributed by atoms with Gasteiger partial charge >= 0.3 is 0 Å². The van der Waals surface area contributed by atoms with Crippen molar-refractivity contribution in [3.05, 3.63) is 11.9 Å². The first-order valence-corrected chi connectivity index (χ1v) is 11.0. The van der Waals surface area contributed by atoms with E-state index >= 15 is 0 Å². The van der Waals surface area contributed by atoms with Crippen molar-refractivity contribution < 1.29 is 13.2 Å². The van der Waals surface area contributed by atoms with Gasteiger partial charge in [-0.1, -0.05) is 0 Å². The zero-order valence-electron chi connectivity index (χ0n) is 15.4. The maximum Gasteiger partial charge on any atom is 0.225 e. The summed E-state index contributed by atoms with van der Waals surface area (Å²) in [5.41, 5.74) is 0.633. The van der Waals surface area contributed by atoms with Crippen LogP contribution in [0.15, 0.2) is 11.1 Å². The minimum Gasteiger partial charge on any atom is -0.353 e. The van der Waals surface area contributed by atoms with Crippen molar-refractivity contribution in [1.29, 1.82) is 0 Å². The third kappa shape index (κ3) is 4.50. The van der Waals surface area contributed by atoms with Crippen LogP contribution in [0.25, 0.3) is 0 Å². The molecule has 26 heavy (non-hydrogen) atoms. The average Bonchev–Trinajstić information content (AvgIpc) is 2.61. The van der Waals surface area contributed by atoms with Gasteiger partial charge in [0.15, 0.2) is 9.84 Å². The summed E-state index contributed by atoms with van der Waals surface area (Å²) in [5.74, 6) is 0.663. The van der Waals surface area contributed by atoms with E-state index in [1.807, 2.05) is 0 Å². The van der Waals surface area contributed by atoms with Gasteiger partial charge in [0, 0.05) is 44.8 Å². The first-order chi connectivity index (χ1) is 12.3. The number of nitrogens with one attached hydrogen (secondary N) is 2. The van der Waals surface area contributed by atoms with E-state index in [-0.39, 0.29) is 22.8 Å². The molecule has 3 rings (SSSR count). The molecule has 9 heteroatoms. The zero-order valence-corrected chi connectivity index (χ0v) is 16.2. The monoisotopic (exact) mass is 381 g/mol. The van der Waals surface area contributed by atoms with Crippen LogP contribution >= 0.6 is 0 Å². The molecule has 1 aromatic heterocycles. The van der Waals surface area contributed by atoms with E-state index in [1.165, 1.54) is 19.4 Å². The van der Waals surface area contributed by atoms with Gasteiger partial charge in [0.1, 0.15) is 4.90 Å². The highest BCUT2D eigenvalue weighted by Crippen LogP contribution is 2.29. The normalized spacial score (nSPS) is 22.2. The second-order valence-electron chi connectivity index (χ2n) is 7.20. The summed E-state index contributed by atoms with van der Waals surface area (Å²) in [6.07, 6.45) is 6.27. The van der Waals surface area contributed by atoms with Crippen molar-refractivity contribution in [2.24, 2.45) is 0 Å². The van der Waals surface area contributed by atoms with Gasteiger partial charge in [-0.05, 0) is 32.2 Å². The molecule has 3 heterocycles. The Balaban J connectivity index is 1.82. The number of aromatic nitrogens is 2. The molecule has 8 nitrogen and oxygen atoms in total. The van der Waals surface area contributed by atoms with Crippen LogP contribution in [0.5, 0.6) is 0 Å². The Morgan fingerprint density at radius 2 is 2.04 bits per heavy atom. The summed E-state index contributed by atoms with van der Waals surface area (Å²) >= 11 is 0. The summed E-state index contributed by atoms with van der Waals surface area (Å²) < 4.78 is 24.4. The van der Waals surface area contributed by atoms with Gasteiger partial charge in [0.2, 0.25) is 11.9 Å². The summed E-state index contributed by atoms with van der Waals surface area (Å²) in [5, 5.41) is 6.28. The Morgan fingerprint density at radius 3 is 2.62 bits per heavy atom. The maximum absolute atomic E-state index is 12.2. The van der Waals surface area contributed by atoms with Crippen LogP contribution in [0.3, 0.4) is 0 Å². The molecule has 2 N–H and O–H groups in total. The Labute approximate surface area is 154 Å². The fourth-order valence-electron chi connectivity index (χ4n) is 3.70. The highest BCUT2D eigenvalue weighted by Gasteiger charge is 2.27. The van der Waals surface area contributed by atoms with Gasteiger partial charge in [-0.3, -0.25) is 4.79 Å². The van der Waals surface area contributed by atoms with E-state index in [1.54, 1.807) is 0 Å². The van der Waals surface area contributed by atoms with Crippen LogP contribution in [-0.2, 0) is 14.6 Å². The average molecular weight is 382 g/mol. The molecule has 0 unspecified atom stereocenters. The van der Waals surface area contributed by atoms with E-state index in [0.29, 0.717) is 11.6 Å². The lowest BCUT2D eigenvalue weighted by atomic mass is 9.96. The molecule has 1 amide bonds.